The average molecular weight is 803 g/mol. The molecule has 0 bridgehead atoms. The van der Waals surface area contributed by atoms with Crippen LogP contribution in [-0.4, -0.2) is 4.98 Å². The van der Waals surface area contributed by atoms with Crippen molar-refractivity contribution < 1.29 is 4.42 Å². The molecule has 0 fully saturated rings. The summed E-state index contributed by atoms with van der Waals surface area (Å²) >= 11 is 3.61. The minimum absolute atomic E-state index is 0.877. The largest absolute Gasteiger partial charge is 0.456 e. The Morgan fingerprint density at radius 3 is 1.78 bits per heavy atom. The third-order valence-electron chi connectivity index (χ3n) is 11.5. The molecule has 0 aliphatic rings. The summed E-state index contributed by atoms with van der Waals surface area (Å²) in [4.78, 5) is 7.42. The zero-order valence-electron chi connectivity index (χ0n) is 32.2. The molecule has 0 aliphatic carbocycles. The first-order chi connectivity index (χ1) is 29.7. The maximum atomic E-state index is 6.29. The number of furan rings is 1. The summed E-state index contributed by atoms with van der Waals surface area (Å²) in [5.41, 5.74) is 14.2. The minimum Gasteiger partial charge on any atom is -0.456 e. The van der Waals surface area contributed by atoms with Gasteiger partial charge in [0.2, 0.25) is 0 Å². The molecule has 12 rings (SSSR count). The van der Waals surface area contributed by atoms with Gasteiger partial charge in [-0.3, -0.25) is 0 Å². The predicted octanol–water partition coefficient (Wildman–Crippen LogP) is 16.7. The fraction of sp³-hybridized carbons (Fsp3) is 0. The minimum atomic E-state index is 0.877. The molecule has 3 heterocycles. The van der Waals surface area contributed by atoms with Crippen molar-refractivity contribution in [2.75, 3.05) is 4.90 Å². The van der Waals surface area contributed by atoms with Gasteiger partial charge >= 0.3 is 0 Å². The van der Waals surface area contributed by atoms with Gasteiger partial charge in [-0.25, -0.2) is 4.98 Å². The van der Waals surface area contributed by atoms with E-state index in [1.807, 2.05) is 23.5 Å². The van der Waals surface area contributed by atoms with Crippen molar-refractivity contribution in [3.8, 4) is 44.0 Å². The fourth-order valence-electron chi connectivity index (χ4n) is 8.55. The lowest BCUT2D eigenvalue weighted by Crippen LogP contribution is -2.11. The number of anilines is 3. The van der Waals surface area contributed by atoms with Crippen LogP contribution in [0.15, 0.2) is 211 Å². The van der Waals surface area contributed by atoms with Crippen LogP contribution in [0.25, 0.3) is 96.3 Å². The molecule has 0 atom stereocenters. The molecule has 0 amide bonds. The Morgan fingerprint density at radius 1 is 0.367 bits per heavy atom. The number of thiazole rings is 1. The van der Waals surface area contributed by atoms with E-state index in [4.69, 9.17) is 9.40 Å². The number of fused-ring (bicyclic) bond motifs is 7. The molecule has 0 spiro atoms. The summed E-state index contributed by atoms with van der Waals surface area (Å²) in [7, 11) is 0. The summed E-state index contributed by atoms with van der Waals surface area (Å²) in [5.74, 6) is 0. The Kier molecular flexibility index (Phi) is 8.22. The highest BCUT2D eigenvalue weighted by atomic mass is 32.1. The third kappa shape index (κ3) is 5.98. The molecule has 0 radical (unpaired) electrons. The van der Waals surface area contributed by atoms with E-state index in [-0.39, 0.29) is 0 Å². The standard InChI is InChI=1S/C55H34N2OS2/c1-4-12-35(13-5-1)36-20-24-41(25-21-36)57(42-26-29-51-46(32-42)43-18-10-11-19-50(43)58-51)49-28-23-39(30-45(49)37-14-6-2-7-15-37)40-22-27-44-47-33-54-48(34-53(47)59-52(44)31-40)56-55(60-54)38-16-8-3-9-17-38/h1-34H. The van der Waals surface area contributed by atoms with E-state index in [9.17, 15) is 0 Å². The van der Waals surface area contributed by atoms with Gasteiger partial charge in [0, 0.05) is 53.4 Å². The highest BCUT2D eigenvalue weighted by Gasteiger charge is 2.21. The quantitative estimate of drug-likeness (QED) is 0.161. The van der Waals surface area contributed by atoms with Crippen LogP contribution in [0.1, 0.15) is 0 Å². The number of hydrogen-bond donors (Lipinski definition) is 0. The Bertz CT molecular complexity index is 3530. The van der Waals surface area contributed by atoms with E-state index in [0.29, 0.717) is 0 Å². The van der Waals surface area contributed by atoms with Crippen molar-refractivity contribution in [3.05, 3.63) is 206 Å². The van der Waals surface area contributed by atoms with Crippen LogP contribution in [0.4, 0.5) is 17.1 Å². The molecule has 0 aliphatic heterocycles. The highest BCUT2D eigenvalue weighted by Crippen LogP contribution is 2.46. The molecular weight excluding hydrogens is 769 g/mol. The van der Waals surface area contributed by atoms with Gasteiger partial charge in [0.15, 0.2) is 0 Å². The lowest BCUT2D eigenvalue weighted by atomic mass is 9.95. The molecule has 0 unspecified atom stereocenters. The number of rotatable bonds is 7. The normalized spacial score (nSPS) is 11.7. The van der Waals surface area contributed by atoms with Gasteiger partial charge in [-0.05, 0) is 94.5 Å². The van der Waals surface area contributed by atoms with E-state index in [2.05, 4.69) is 199 Å². The first kappa shape index (κ1) is 34.7. The van der Waals surface area contributed by atoms with Crippen LogP contribution in [0.2, 0.25) is 0 Å². The molecule has 5 heteroatoms. The van der Waals surface area contributed by atoms with Crippen LogP contribution >= 0.6 is 22.7 Å². The Hall–Kier alpha value is -7.31. The first-order valence-corrected chi connectivity index (χ1v) is 21.7. The van der Waals surface area contributed by atoms with E-state index in [0.717, 1.165) is 66.2 Å². The van der Waals surface area contributed by atoms with Crippen LogP contribution in [0.5, 0.6) is 0 Å². The van der Waals surface area contributed by atoms with Crippen LogP contribution in [0, 0.1) is 0 Å². The van der Waals surface area contributed by atoms with Gasteiger partial charge in [0.05, 0.1) is 15.9 Å². The summed E-state index contributed by atoms with van der Waals surface area (Å²) < 4.78 is 10.0. The second-order valence-corrected chi connectivity index (χ2v) is 17.3. The molecule has 12 aromatic rings. The van der Waals surface area contributed by atoms with E-state index < -0.39 is 0 Å². The predicted molar refractivity (Wildman–Crippen MR) is 256 cm³/mol. The molecule has 0 saturated heterocycles. The van der Waals surface area contributed by atoms with Gasteiger partial charge in [-0.15, -0.1) is 22.7 Å². The van der Waals surface area contributed by atoms with Crippen LogP contribution < -0.4 is 4.90 Å². The van der Waals surface area contributed by atoms with E-state index in [1.165, 1.54) is 47.1 Å². The highest BCUT2D eigenvalue weighted by molar-refractivity contribution is 7.26. The molecule has 0 saturated carbocycles. The van der Waals surface area contributed by atoms with E-state index in [1.54, 1.807) is 11.3 Å². The monoisotopic (exact) mass is 802 g/mol. The molecule has 0 N–H and O–H groups in total. The summed E-state index contributed by atoms with van der Waals surface area (Å²) in [6.45, 7) is 0. The van der Waals surface area contributed by atoms with Gasteiger partial charge in [-0.2, -0.15) is 0 Å². The summed E-state index contributed by atoms with van der Waals surface area (Å²) in [6, 6.07) is 74.0. The van der Waals surface area contributed by atoms with Crippen molar-refractivity contribution in [2.24, 2.45) is 0 Å². The summed E-state index contributed by atoms with van der Waals surface area (Å²) in [6.07, 6.45) is 0. The molecule has 3 aromatic heterocycles. The average Bonchev–Trinajstić information content (AvgIpc) is 4.02. The van der Waals surface area contributed by atoms with Crippen molar-refractivity contribution in [1.82, 2.24) is 4.98 Å². The van der Waals surface area contributed by atoms with Gasteiger partial charge < -0.3 is 9.32 Å². The Balaban J connectivity index is 0.997. The second-order valence-electron chi connectivity index (χ2n) is 15.1. The van der Waals surface area contributed by atoms with E-state index >= 15 is 0 Å². The molecule has 282 valence electrons. The number of thiophene rings is 1. The van der Waals surface area contributed by atoms with Gasteiger partial charge in [-0.1, -0.05) is 140 Å². The number of para-hydroxylation sites is 1. The maximum absolute atomic E-state index is 6.29. The first-order valence-electron chi connectivity index (χ1n) is 20.1. The summed E-state index contributed by atoms with van der Waals surface area (Å²) in [5, 5.41) is 5.83. The lowest BCUT2D eigenvalue weighted by Gasteiger charge is -2.28. The maximum Gasteiger partial charge on any atom is 0.135 e. The van der Waals surface area contributed by atoms with Crippen molar-refractivity contribution in [2.45, 2.75) is 0 Å². The number of aromatic nitrogens is 1. The van der Waals surface area contributed by atoms with Crippen molar-refractivity contribution in [1.29, 1.82) is 0 Å². The second kappa shape index (κ2) is 14.2. The number of nitrogens with zero attached hydrogens (tertiary/aromatic N) is 2. The Morgan fingerprint density at radius 2 is 0.983 bits per heavy atom. The van der Waals surface area contributed by atoms with Crippen molar-refractivity contribution >= 4 is 92.1 Å². The SMILES string of the molecule is c1ccc(-c2ccc(N(c3ccc4oc5ccccc5c4c3)c3ccc(-c4ccc5c(c4)sc4cc6nc(-c7ccccc7)sc6cc45)cc3-c3ccccc3)cc2)cc1. The third-order valence-corrected chi connectivity index (χ3v) is 13.7. The number of hydrogen-bond acceptors (Lipinski definition) is 5. The Labute approximate surface area is 354 Å². The topological polar surface area (TPSA) is 29.3 Å². The number of benzene rings is 9. The molecule has 9 aromatic carbocycles. The smallest absolute Gasteiger partial charge is 0.135 e. The zero-order chi connectivity index (χ0) is 39.6. The van der Waals surface area contributed by atoms with Crippen molar-refractivity contribution in [3.63, 3.8) is 0 Å². The fourth-order valence-corrected chi connectivity index (χ4v) is 10.7. The lowest BCUT2D eigenvalue weighted by molar-refractivity contribution is 0.669. The molecular formula is C55H34N2OS2. The zero-order valence-corrected chi connectivity index (χ0v) is 33.9. The van der Waals surface area contributed by atoms with Gasteiger partial charge in [0.25, 0.3) is 0 Å². The van der Waals surface area contributed by atoms with Crippen LogP contribution in [0.3, 0.4) is 0 Å². The molecule has 3 nitrogen and oxygen atoms in total. The van der Waals surface area contributed by atoms with Crippen LogP contribution in [-0.2, 0) is 0 Å². The van der Waals surface area contributed by atoms with Gasteiger partial charge in [0.1, 0.15) is 16.2 Å². The molecule has 60 heavy (non-hydrogen) atoms.